The van der Waals surface area contributed by atoms with Gasteiger partial charge in [-0.1, -0.05) is 30.3 Å². The summed E-state index contributed by atoms with van der Waals surface area (Å²) in [6, 6.07) is 9.97. The number of nitrogens with zero attached hydrogens (tertiary/aromatic N) is 3. The van der Waals surface area contributed by atoms with E-state index < -0.39 is 0 Å². The van der Waals surface area contributed by atoms with Crippen molar-refractivity contribution in [3.05, 3.63) is 53.8 Å². The molecule has 1 aliphatic heterocycles. The van der Waals surface area contributed by atoms with Crippen molar-refractivity contribution >= 4 is 11.5 Å². The number of carbonyl (C=O) groups is 1. The Morgan fingerprint density at radius 1 is 1.22 bits per heavy atom. The van der Waals surface area contributed by atoms with E-state index in [1.54, 1.807) is 13.0 Å². The van der Waals surface area contributed by atoms with Crippen LogP contribution in [0.3, 0.4) is 0 Å². The number of allylic oxidation sites excluding steroid dienone is 1. The molecule has 0 radical (unpaired) electrons. The summed E-state index contributed by atoms with van der Waals surface area (Å²) in [5.74, 6) is 1.64. The van der Waals surface area contributed by atoms with E-state index in [0.717, 1.165) is 37.1 Å². The molecule has 23 heavy (non-hydrogen) atoms. The van der Waals surface area contributed by atoms with E-state index in [-0.39, 0.29) is 11.8 Å². The Morgan fingerprint density at radius 3 is 2.52 bits per heavy atom. The van der Waals surface area contributed by atoms with Gasteiger partial charge in [0.2, 0.25) is 17.7 Å². The molecule has 1 fully saturated rings. The quantitative estimate of drug-likeness (QED) is 0.817. The summed E-state index contributed by atoms with van der Waals surface area (Å²) in [6.07, 6.45) is 3.46. The first-order valence-corrected chi connectivity index (χ1v) is 7.96. The lowest BCUT2D eigenvalue weighted by Crippen LogP contribution is -2.37. The third kappa shape index (κ3) is 3.67. The number of amides is 1. The van der Waals surface area contributed by atoms with Crippen LogP contribution in [0.2, 0.25) is 0 Å². The van der Waals surface area contributed by atoms with Gasteiger partial charge in [-0.05, 0) is 30.9 Å². The Morgan fingerprint density at radius 2 is 1.91 bits per heavy atom. The fraction of sp³-hybridized carbons (Fsp3) is 0.389. The fourth-order valence-electron chi connectivity index (χ4n) is 2.88. The van der Waals surface area contributed by atoms with Crippen LogP contribution in [-0.4, -0.2) is 34.1 Å². The van der Waals surface area contributed by atoms with Gasteiger partial charge in [-0.3, -0.25) is 4.79 Å². The number of hydrogen-bond acceptors (Lipinski definition) is 4. The van der Waals surface area contributed by atoms with Gasteiger partial charge in [-0.2, -0.15) is 0 Å². The minimum Gasteiger partial charge on any atom is -0.425 e. The van der Waals surface area contributed by atoms with E-state index >= 15 is 0 Å². The predicted molar refractivity (Wildman–Crippen MR) is 87.7 cm³/mol. The van der Waals surface area contributed by atoms with Gasteiger partial charge in [0.25, 0.3) is 0 Å². The maximum Gasteiger partial charge on any atom is 0.246 e. The Hall–Kier alpha value is -2.43. The van der Waals surface area contributed by atoms with Gasteiger partial charge in [-0.15, -0.1) is 10.2 Å². The van der Waals surface area contributed by atoms with E-state index in [4.69, 9.17) is 4.42 Å². The van der Waals surface area contributed by atoms with E-state index in [9.17, 15) is 4.79 Å². The highest BCUT2D eigenvalue weighted by Crippen LogP contribution is 2.27. The lowest BCUT2D eigenvalue weighted by atomic mass is 9.96. The largest absolute Gasteiger partial charge is 0.425 e. The lowest BCUT2D eigenvalue weighted by molar-refractivity contribution is -0.127. The summed E-state index contributed by atoms with van der Waals surface area (Å²) in [4.78, 5) is 14.3. The molecule has 0 unspecified atom stereocenters. The zero-order chi connectivity index (χ0) is 16.2. The van der Waals surface area contributed by atoms with Gasteiger partial charge in [0.1, 0.15) is 0 Å². The molecule has 1 aromatic carbocycles. The minimum atomic E-state index is 0.0755. The first-order chi connectivity index (χ1) is 11.1. The number of benzene rings is 1. The zero-order valence-electron chi connectivity index (χ0n) is 13.5. The highest BCUT2D eigenvalue weighted by atomic mass is 16.4. The second-order valence-corrected chi connectivity index (χ2v) is 5.95. The van der Waals surface area contributed by atoms with Crippen molar-refractivity contribution in [1.82, 2.24) is 15.1 Å². The molecule has 3 rings (SSSR count). The second kappa shape index (κ2) is 6.77. The van der Waals surface area contributed by atoms with Crippen LogP contribution in [0.15, 0.2) is 40.8 Å². The molecule has 1 amide bonds. The zero-order valence-corrected chi connectivity index (χ0v) is 13.5. The third-order valence-electron chi connectivity index (χ3n) is 4.27. The SMILES string of the molecule is C/C(=C\C(=O)N1CCC(c2nnc(C)o2)CC1)c1ccccc1. The summed E-state index contributed by atoms with van der Waals surface area (Å²) >= 11 is 0. The summed E-state index contributed by atoms with van der Waals surface area (Å²) < 4.78 is 5.50. The van der Waals surface area contributed by atoms with Crippen molar-refractivity contribution in [2.24, 2.45) is 0 Å². The Balaban J connectivity index is 1.60. The lowest BCUT2D eigenvalue weighted by Gasteiger charge is -2.29. The van der Waals surface area contributed by atoms with Crippen molar-refractivity contribution in [1.29, 1.82) is 0 Å². The highest BCUT2D eigenvalue weighted by Gasteiger charge is 2.26. The first-order valence-electron chi connectivity index (χ1n) is 7.96. The molecular formula is C18H21N3O2. The molecule has 1 aromatic heterocycles. The average Bonchev–Trinajstić information content (AvgIpc) is 3.02. The van der Waals surface area contributed by atoms with Crippen molar-refractivity contribution in [2.45, 2.75) is 32.6 Å². The van der Waals surface area contributed by atoms with Crippen molar-refractivity contribution < 1.29 is 9.21 Å². The Bertz CT molecular complexity index is 698. The van der Waals surface area contributed by atoms with Crippen LogP contribution in [0, 0.1) is 6.92 Å². The number of carbonyl (C=O) groups excluding carboxylic acids is 1. The summed E-state index contributed by atoms with van der Waals surface area (Å²) in [5.41, 5.74) is 2.07. The molecule has 1 saturated heterocycles. The van der Waals surface area contributed by atoms with Gasteiger partial charge in [0.05, 0.1) is 0 Å². The molecule has 0 aliphatic carbocycles. The average molecular weight is 311 g/mol. The van der Waals surface area contributed by atoms with Gasteiger partial charge in [0, 0.05) is 32.0 Å². The molecule has 2 aromatic rings. The highest BCUT2D eigenvalue weighted by molar-refractivity contribution is 5.94. The molecule has 2 heterocycles. The monoisotopic (exact) mass is 311 g/mol. The Kier molecular flexibility index (Phi) is 4.55. The second-order valence-electron chi connectivity index (χ2n) is 5.95. The minimum absolute atomic E-state index is 0.0755. The Labute approximate surface area is 136 Å². The molecule has 0 atom stereocenters. The van der Waals surface area contributed by atoms with Gasteiger partial charge in [0.15, 0.2) is 0 Å². The molecule has 0 spiro atoms. The molecule has 5 heteroatoms. The summed E-state index contributed by atoms with van der Waals surface area (Å²) in [7, 11) is 0. The van der Waals surface area contributed by atoms with Gasteiger partial charge >= 0.3 is 0 Å². The van der Waals surface area contributed by atoms with Gasteiger partial charge < -0.3 is 9.32 Å². The number of aryl methyl sites for hydroxylation is 1. The summed E-state index contributed by atoms with van der Waals surface area (Å²) in [5, 5.41) is 7.98. The molecule has 0 bridgehead atoms. The van der Waals surface area contributed by atoms with E-state index in [2.05, 4.69) is 10.2 Å². The topological polar surface area (TPSA) is 59.2 Å². The van der Waals surface area contributed by atoms with Crippen LogP contribution < -0.4 is 0 Å². The molecule has 0 N–H and O–H groups in total. The number of likely N-dealkylation sites (tertiary alicyclic amines) is 1. The normalized spacial score (nSPS) is 16.6. The maximum absolute atomic E-state index is 12.4. The van der Waals surface area contributed by atoms with E-state index in [1.165, 1.54) is 0 Å². The number of aromatic nitrogens is 2. The first kappa shape index (κ1) is 15.5. The summed E-state index contributed by atoms with van der Waals surface area (Å²) in [6.45, 7) is 5.22. The van der Waals surface area contributed by atoms with Crippen molar-refractivity contribution in [3.8, 4) is 0 Å². The number of piperidine rings is 1. The fourth-order valence-corrected chi connectivity index (χ4v) is 2.88. The van der Waals surface area contributed by atoms with Crippen LogP contribution in [0.25, 0.3) is 5.57 Å². The van der Waals surface area contributed by atoms with Crippen LogP contribution in [0.5, 0.6) is 0 Å². The van der Waals surface area contributed by atoms with Crippen LogP contribution in [0.4, 0.5) is 0 Å². The van der Waals surface area contributed by atoms with E-state index in [1.807, 2.05) is 42.2 Å². The molecular weight excluding hydrogens is 290 g/mol. The van der Waals surface area contributed by atoms with Crippen molar-refractivity contribution in [3.63, 3.8) is 0 Å². The smallest absolute Gasteiger partial charge is 0.246 e. The molecule has 1 aliphatic rings. The maximum atomic E-state index is 12.4. The molecule has 120 valence electrons. The number of rotatable bonds is 3. The van der Waals surface area contributed by atoms with Crippen LogP contribution in [0.1, 0.15) is 43.0 Å². The molecule has 5 nitrogen and oxygen atoms in total. The molecule has 0 saturated carbocycles. The van der Waals surface area contributed by atoms with Crippen molar-refractivity contribution in [2.75, 3.05) is 13.1 Å². The van der Waals surface area contributed by atoms with E-state index in [0.29, 0.717) is 11.8 Å². The standard InChI is InChI=1S/C18H21N3O2/c1-13(15-6-4-3-5-7-15)12-17(22)21-10-8-16(9-11-21)18-20-19-14(2)23-18/h3-7,12,16H,8-11H2,1-2H3/b13-12+. The third-order valence-corrected chi connectivity index (χ3v) is 4.27. The van der Waals surface area contributed by atoms with Gasteiger partial charge in [-0.25, -0.2) is 0 Å². The van der Waals surface area contributed by atoms with Crippen LogP contribution >= 0.6 is 0 Å². The van der Waals surface area contributed by atoms with Crippen LogP contribution in [-0.2, 0) is 4.79 Å². The predicted octanol–water partition coefficient (Wildman–Crippen LogP) is 3.19. The number of hydrogen-bond donors (Lipinski definition) is 0.